The summed E-state index contributed by atoms with van der Waals surface area (Å²) in [6, 6.07) is 19.3. The molecule has 0 aliphatic carbocycles. The monoisotopic (exact) mass is 587 g/mol. The Morgan fingerprint density at radius 1 is 0.791 bits per heavy atom. The van der Waals surface area contributed by atoms with Crippen molar-refractivity contribution in [3.05, 3.63) is 77.4 Å². The molecule has 230 valence electrons. The van der Waals surface area contributed by atoms with Crippen LogP contribution in [0.2, 0.25) is 0 Å². The number of rotatable bonds is 11. The molecule has 0 unspecified atom stereocenters. The molecule has 1 aliphatic heterocycles. The third-order valence-electron chi connectivity index (χ3n) is 7.75. The van der Waals surface area contributed by atoms with Gasteiger partial charge in [-0.2, -0.15) is 0 Å². The summed E-state index contributed by atoms with van der Waals surface area (Å²) in [5.41, 5.74) is 5.95. The van der Waals surface area contributed by atoms with Crippen molar-refractivity contribution in [3.63, 3.8) is 0 Å². The number of nitrogens with zero attached hydrogens (tertiary/aromatic N) is 2. The van der Waals surface area contributed by atoms with E-state index in [1.165, 1.54) is 0 Å². The number of benzene rings is 3. The van der Waals surface area contributed by atoms with Gasteiger partial charge in [0.25, 0.3) is 5.91 Å². The molecule has 0 aromatic heterocycles. The first-order valence-corrected chi connectivity index (χ1v) is 15.0. The number of urea groups is 1. The van der Waals surface area contributed by atoms with E-state index in [0.29, 0.717) is 24.4 Å². The molecule has 1 saturated heterocycles. The van der Waals surface area contributed by atoms with Crippen LogP contribution in [0.1, 0.15) is 61.0 Å². The molecule has 9 heteroatoms. The van der Waals surface area contributed by atoms with Crippen LogP contribution in [0.3, 0.4) is 0 Å². The van der Waals surface area contributed by atoms with E-state index in [4.69, 9.17) is 9.47 Å². The summed E-state index contributed by atoms with van der Waals surface area (Å²) < 4.78 is 10.7. The fraction of sp³-hybridized carbons (Fsp3) is 0.412. The van der Waals surface area contributed by atoms with E-state index >= 15 is 0 Å². The predicted molar refractivity (Wildman–Crippen MR) is 175 cm³/mol. The molecule has 9 nitrogen and oxygen atoms in total. The molecule has 1 heterocycles. The fourth-order valence-corrected chi connectivity index (χ4v) is 5.48. The van der Waals surface area contributed by atoms with Gasteiger partial charge in [-0.15, -0.1) is 0 Å². The summed E-state index contributed by atoms with van der Waals surface area (Å²) >= 11 is 0. The van der Waals surface area contributed by atoms with E-state index in [2.05, 4.69) is 71.6 Å². The van der Waals surface area contributed by atoms with E-state index in [9.17, 15) is 9.59 Å². The molecule has 1 aliphatic rings. The number of piperazine rings is 1. The standard InChI is InChI=1S/C34H45N5O4/c1-23(2)26-10-9-11-27(24(3)4)32(26)37-34(41)36-25-14-15-29(28(22-25)33(40)35-16-21-42-5)38-17-19-39(20-18-38)30-12-7-8-13-31(30)43-6/h7-15,22-24H,16-21H2,1-6H3,(H,35,40)(H2,36,37,41). The first-order valence-electron chi connectivity index (χ1n) is 15.0. The molecule has 0 bridgehead atoms. The van der Waals surface area contributed by atoms with Crippen molar-refractivity contribution in [2.24, 2.45) is 0 Å². The molecule has 0 atom stereocenters. The average Bonchev–Trinajstić information content (AvgIpc) is 3.01. The van der Waals surface area contributed by atoms with Gasteiger partial charge < -0.3 is 35.2 Å². The molecular formula is C34H45N5O4. The van der Waals surface area contributed by atoms with Crippen LogP contribution in [0, 0.1) is 0 Å². The second-order valence-electron chi connectivity index (χ2n) is 11.3. The van der Waals surface area contributed by atoms with Crippen molar-refractivity contribution < 1.29 is 19.1 Å². The van der Waals surface area contributed by atoms with E-state index in [0.717, 1.165) is 60.1 Å². The minimum Gasteiger partial charge on any atom is -0.495 e. The lowest BCUT2D eigenvalue weighted by molar-refractivity contribution is 0.0937. The molecule has 0 spiro atoms. The van der Waals surface area contributed by atoms with Gasteiger partial charge in [0.2, 0.25) is 0 Å². The zero-order valence-corrected chi connectivity index (χ0v) is 26.2. The number of hydrogen-bond acceptors (Lipinski definition) is 6. The third-order valence-corrected chi connectivity index (χ3v) is 7.75. The van der Waals surface area contributed by atoms with Crippen LogP contribution in [0.4, 0.5) is 27.5 Å². The highest BCUT2D eigenvalue weighted by atomic mass is 16.5. The van der Waals surface area contributed by atoms with Crippen LogP contribution in [0.5, 0.6) is 5.75 Å². The molecule has 3 N–H and O–H groups in total. The minimum atomic E-state index is -0.348. The van der Waals surface area contributed by atoms with Crippen molar-refractivity contribution in [2.45, 2.75) is 39.5 Å². The number of hydrogen-bond donors (Lipinski definition) is 3. The highest BCUT2D eigenvalue weighted by molar-refractivity contribution is 6.04. The number of amides is 3. The summed E-state index contributed by atoms with van der Waals surface area (Å²) in [5, 5.41) is 9.00. The van der Waals surface area contributed by atoms with Crippen LogP contribution >= 0.6 is 0 Å². The highest BCUT2D eigenvalue weighted by Crippen LogP contribution is 2.33. The van der Waals surface area contributed by atoms with Crippen LogP contribution in [0.15, 0.2) is 60.7 Å². The zero-order valence-electron chi connectivity index (χ0n) is 26.2. The Morgan fingerprint density at radius 2 is 1.42 bits per heavy atom. The second-order valence-corrected chi connectivity index (χ2v) is 11.3. The Balaban J connectivity index is 1.54. The molecular weight excluding hydrogens is 542 g/mol. The van der Waals surface area contributed by atoms with Crippen molar-refractivity contribution in [1.82, 2.24) is 5.32 Å². The molecule has 1 fully saturated rings. The van der Waals surface area contributed by atoms with Crippen molar-refractivity contribution in [1.29, 1.82) is 0 Å². The Kier molecular flexibility index (Phi) is 10.9. The van der Waals surface area contributed by atoms with Crippen LogP contribution < -0.4 is 30.5 Å². The topological polar surface area (TPSA) is 95.2 Å². The van der Waals surface area contributed by atoms with Crippen LogP contribution in [-0.2, 0) is 4.74 Å². The maximum atomic E-state index is 13.4. The van der Waals surface area contributed by atoms with Gasteiger partial charge in [0.1, 0.15) is 5.75 Å². The summed E-state index contributed by atoms with van der Waals surface area (Å²) in [6.45, 7) is 12.3. The van der Waals surface area contributed by atoms with Gasteiger partial charge in [-0.1, -0.05) is 58.0 Å². The number of carbonyl (C=O) groups excluding carboxylic acids is 2. The van der Waals surface area contributed by atoms with E-state index < -0.39 is 0 Å². The van der Waals surface area contributed by atoms with Gasteiger partial charge >= 0.3 is 6.03 Å². The van der Waals surface area contributed by atoms with Crippen molar-refractivity contribution >= 4 is 34.7 Å². The molecule has 43 heavy (non-hydrogen) atoms. The number of methoxy groups -OCH3 is 2. The number of carbonyl (C=O) groups is 2. The van der Waals surface area contributed by atoms with E-state index in [1.54, 1.807) is 20.3 Å². The summed E-state index contributed by atoms with van der Waals surface area (Å²) in [7, 11) is 3.29. The van der Waals surface area contributed by atoms with Gasteiger partial charge in [0.05, 0.1) is 25.0 Å². The van der Waals surface area contributed by atoms with Gasteiger partial charge in [-0.3, -0.25) is 4.79 Å². The zero-order chi connectivity index (χ0) is 30.9. The van der Waals surface area contributed by atoms with Crippen molar-refractivity contribution in [2.75, 3.05) is 74.0 Å². The largest absolute Gasteiger partial charge is 0.495 e. The fourth-order valence-electron chi connectivity index (χ4n) is 5.48. The Bertz CT molecular complexity index is 1370. The summed E-state index contributed by atoms with van der Waals surface area (Å²) in [6.07, 6.45) is 0. The lowest BCUT2D eigenvalue weighted by Gasteiger charge is -2.38. The molecule has 4 rings (SSSR count). The molecule has 0 radical (unpaired) electrons. The number of anilines is 4. The lowest BCUT2D eigenvalue weighted by atomic mass is 9.93. The van der Waals surface area contributed by atoms with Crippen LogP contribution in [0.25, 0.3) is 0 Å². The quantitative estimate of drug-likeness (QED) is 0.228. The van der Waals surface area contributed by atoms with Gasteiger partial charge in [-0.05, 0) is 53.3 Å². The Hall–Kier alpha value is -4.24. The van der Waals surface area contributed by atoms with E-state index in [-0.39, 0.29) is 23.8 Å². The van der Waals surface area contributed by atoms with Gasteiger partial charge in [0, 0.05) is 56.9 Å². The third kappa shape index (κ3) is 7.78. The SMILES string of the molecule is COCCNC(=O)c1cc(NC(=O)Nc2c(C(C)C)cccc2C(C)C)ccc1N1CCN(c2ccccc2OC)CC1. The number of nitrogens with one attached hydrogen (secondary N) is 3. The van der Waals surface area contributed by atoms with Gasteiger partial charge in [-0.25, -0.2) is 4.79 Å². The second kappa shape index (κ2) is 14.8. The van der Waals surface area contributed by atoms with Crippen LogP contribution in [-0.4, -0.2) is 65.5 Å². The average molecular weight is 588 g/mol. The van der Waals surface area contributed by atoms with Crippen molar-refractivity contribution in [3.8, 4) is 5.75 Å². The molecule has 3 aromatic rings. The normalized spacial score (nSPS) is 13.3. The smallest absolute Gasteiger partial charge is 0.323 e. The number of ether oxygens (including phenoxy) is 2. The summed E-state index contributed by atoms with van der Waals surface area (Å²) in [4.78, 5) is 31.2. The molecule has 3 aromatic carbocycles. The minimum absolute atomic E-state index is 0.212. The first kappa shape index (κ1) is 31.7. The Labute approximate surface area is 255 Å². The predicted octanol–water partition coefficient (Wildman–Crippen LogP) is 6.29. The maximum Gasteiger partial charge on any atom is 0.323 e. The molecule has 3 amide bonds. The lowest BCUT2D eigenvalue weighted by Crippen LogP contribution is -2.47. The Morgan fingerprint density at radius 3 is 2.02 bits per heavy atom. The maximum absolute atomic E-state index is 13.4. The highest BCUT2D eigenvalue weighted by Gasteiger charge is 2.24. The molecule has 0 saturated carbocycles. The first-order chi connectivity index (χ1) is 20.7. The summed E-state index contributed by atoms with van der Waals surface area (Å²) in [5.74, 6) is 1.13. The number of para-hydroxylation sites is 3. The van der Waals surface area contributed by atoms with E-state index in [1.807, 2.05) is 36.4 Å². The van der Waals surface area contributed by atoms with Gasteiger partial charge in [0.15, 0.2) is 0 Å².